The number of hydrogen-bond acceptors (Lipinski definition) is 3. The van der Waals surface area contributed by atoms with Gasteiger partial charge in [0.2, 0.25) is 15.9 Å². The van der Waals surface area contributed by atoms with Crippen molar-refractivity contribution >= 4 is 21.6 Å². The quantitative estimate of drug-likeness (QED) is 0.874. The van der Waals surface area contributed by atoms with Crippen LogP contribution in [0.1, 0.15) is 32.6 Å². The maximum Gasteiger partial charge on any atom is 0.240 e. The highest BCUT2D eigenvalue weighted by atomic mass is 32.2. The molecule has 0 spiro atoms. The number of carbonyl (C=O) groups is 1. The predicted octanol–water partition coefficient (Wildman–Crippen LogP) is 2.11. The van der Waals surface area contributed by atoms with Crippen LogP contribution in [0, 0.1) is 5.92 Å². The first-order chi connectivity index (χ1) is 9.47. The smallest absolute Gasteiger partial charge is 0.240 e. The Morgan fingerprint density at radius 3 is 2.35 bits per heavy atom. The largest absolute Gasteiger partial charge is 0.326 e. The monoisotopic (exact) mass is 296 g/mol. The lowest BCUT2D eigenvalue weighted by Gasteiger charge is -2.11. The van der Waals surface area contributed by atoms with E-state index >= 15 is 0 Å². The molecule has 5 nitrogen and oxygen atoms in total. The predicted molar refractivity (Wildman–Crippen MR) is 77.9 cm³/mol. The molecule has 0 radical (unpaired) electrons. The number of rotatable bonds is 5. The second kappa shape index (κ2) is 6.37. The minimum atomic E-state index is -3.46. The van der Waals surface area contributed by atoms with Gasteiger partial charge < -0.3 is 5.32 Å². The van der Waals surface area contributed by atoms with E-state index in [1.54, 1.807) is 12.1 Å². The minimum Gasteiger partial charge on any atom is -0.326 e. The van der Waals surface area contributed by atoms with Crippen LogP contribution >= 0.6 is 0 Å². The van der Waals surface area contributed by atoms with Crippen LogP contribution in [0.25, 0.3) is 0 Å². The van der Waals surface area contributed by atoms with E-state index in [-0.39, 0.29) is 10.8 Å². The Kier molecular flexibility index (Phi) is 4.77. The fourth-order valence-electron chi connectivity index (χ4n) is 2.45. The normalized spacial score (nSPS) is 16.2. The summed E-state index contributed by atoms with van der Waals surface area (Å²) < 4.78 is 26.9. The minimum absolute atomic E-state index is 0.181. The summed E-state index contributed by atoms with van der Waals surface area (Å²) in [5.41, 5.74) is 0.590. The van der Waals surface area contributed by atoms with Gasteiger partial charge in [0.05, 0.1) is 4.90 Å². The van der Waals surface area contributed by atoms with Gasteiger partial charge in [-0.25, -0.2) is 13.1 Å². The second-order valence-electron chi connectivity index (χ2n) is 5.21. The zero-order chi connectivity index (χ0) is 14.6. The number of hydrogen-bond donors (Lipinski definition) is 2. The average Bonchev–Trinajstić information content (AvgIpc) is 2.89. The van der Waals surface area contributed by atoms with Gasteiger partial charge in [0.1, 0.15) is 0 Å². The third-order valence-corrected chi connectivity index (χ3v) is 4.96. The van der Waals surface area contributed by atoms with Crippen molar-refractivity contribution in [2.24, 2.45) is 5.92 Å². The van der Waals surface area contributed by atoms with Gasteiger partial charge in [-0.3, -0.25) is 4.79 Å². The van der Waals surface area contributed by atoms with Gasteiger partial charge >= 0.3 is 0 Å². The Hall–Kier alpha value is -1.40. The van der Waals surface area contributed by atoms with Crippen LogP contribution in [0.5, 0.6) is 0 Å². The lowest BCUT2D eigenvalue weighted by Crippen LogP contribution is -2.28. The summed E-state index contributed by atoms with van der Waals surface area (Å²) in [6, 6.07) is 6.18. The molecule has 0 aromatic heterocycles. The molecule has 2 N–H and O–H groups in total. The topological polar surface area (TPSA) is 75.3 Å². The summed E-state index contributed by atoms with van der Waals surface area (Å²) >= 11 is 0. The van der Waals surface area contributed by atoms with Gasteiger partial charge in [0, 0.05) is 19.2 Å². The number of carbonyl (C=O) groups excluding carboxylic acids is 1. The van der Waals surface area contributed by atoms with Gasteiger partial charge in [0.25, 0.3) is 0 Å². The molecule has 20 heavy (non-hydrogen) atoms. The Balaban J connectivity index is 1.99. The third-order valence-electron chi connectivity index (χ3n) is 3.52. The first kappa shape index (κ1) is 15.0. The molecule has 1 saturated carbocycles. The molecule has 0 atom stereocenters. The molecule has 2 rings (SSSR count). The molecule has 1 amide bonds. The summed E-state index contributed by atoms with van der Waals surface area (Å²) in [6.07, 6.45) is 4.59. The van der Waals surface area contributed by atoms with Gasteiger partial charge in [-0.05, 0) is 43.0 Å². The molecule has 0 unspecified atom stereocenters. The summed E-state index contributed by atoms with van der Waals surface area (Å²) in [6.45, 7) is 1.92. The summed E-state index contributed by atoms with van der Waals surface area (Å²) in [5, 5.41) is 2.61. The Labute approximate surface area is 119 Å². The number of amides is 1. The van der Waals surface area contributed by atoms with E-state index in [1.807, 2.05) is 0 Å². The number of anilines is 1. The van der Waals surface area contributed by atoms with Crippen molar-refractivity contribution in [3.63, 3.8) is 0 Å². The van der Waals surface area contributed by atoms with Crippen molar-refractivity contribution in [2.75, 3.05) is 11.9 Å². The van der Waals surface area contributed by atoms with Gasteiger partial charge in [-0.2, -0.15) is 0 Å². The van der Waals surface area contributed by atoms with E-state index in [9.17, 15) is 13.2 Å². The van der Waals surface area contributed by atoms with E-state index < -0.39 is 10.0 Å². The molecule has 1 aliphatic carbocycles. The van der Waals surface area contributed by atoms with Crippen molar-refractivity contribution in [3.8, 4) is 0 Å². The van der Waals surface area contributed by atoms with E-state index in [0.29, 0.717) is 18.2 Å². The van der Waals surface area contributed by atoms with Crippen molar-refractivity contribution in [1.82, 2.24) is 4.72 Å². The van der Waals surface area contributed by atoms with E-state index in [4.69, 9.17) is 0 Å². The maximum atomic E-state index is 12.1. The van der Waals surface area contributed by atoms with Crippen LogP contribution in [-0.4, -0.2) is 20.9 Å². The summed E-state index contributed by atoms with van der Waals surface area (Å²) in [5.74, 6) is 0.281. The van der Waals surface area contributed by atoms with Crippen LogP contribution in [0.3, 0.4) is 0 Å². The summed E-state index contributed by atoms with van der Waals surface area (Å²) in [7, 11) is -3.46. The molecule has 1 aliphatic rings. The number of nitrogens with one attached hydrogen (secondary N) is 2. The Morgan fingerprint density at radius 2 is 1.80 bits per heavy atom. The first-order valence-corrected chi connectivity index (χ1v) is 8.33. The fraction of sp³-hybridized carbons (Fsp3) is 0.500. The SMILES string of the molecule is CC(=O)Nc1ccc(S(=O)(=O)NCC2CCCC2)cc1. The maximum absolute atomic E-state index is 12.1. The van der Waals surface area contributed by atoms with Crippen molar-refractivity contribution in [2.45, 2.75) is 37.5 Å². The highest BCUT2D eigenvalue weighted by Crippen LogP contribution is 2.24. The molecule has 0 bridgehead atoms. The van der Waals surface area contributed by atoms with Gasteiger partial charge in [0.15, 0.2) is 0 Å². The lowest BCUT2D eigenvalue weighted by molar-refractivity contribution is -0.114. The molecule has 6 heteroatoms. The second-order valence-corrected chi connectivity index (χ2v) is 6.97. The first-order valence-electron chi connectivity index (χ1n) is 6.85. The standard InChI is InChI=1S/C14H20N2O3S/c1-11(17)16-13-6-8-14(9-7-13)20(18,19)15-10-12-4-2-3-5-12/h6-9,12,15H,2-5,10H2,1H3,(H,16,17). The average molecular weight is 296 g/mol. The van der Waals surface area contributed by atoms with Crippen LogP contribution in [0.2, 0.25) is 0 Å². The van der Waals surface area contributed by atoms with Crippen molar-refractivity contribution in [3.05, 3.63) is 24.3 Å². The molecule has 0 saturated heterocycles. The molecule has 0 heterocycles. The molecule has 0 aliphatic heterocycles. The zero-order valence-corrected chi connectivity index (χ0v) is 12.4. The molecular formula is C14H20N2O3S. The van der Waals surface area contributed by atoms with Crippen molar-refractivity contribution < 1.29 is 13.2 Å². The van der Waals surface area contributed by atoms with Crippen molar-refractivity contribution in [1.29, 1.82) is 0 Å². The highest BCUT2D eigenvalue weighted by molar-refractivity contribution is 7.89. The fourth-order valence-corrected chi connectivity index (χ4v) is 3.56. The molecule has 1 aromatic rings. The number of sulfonamides is 1. The van der Waals surface area contributed by atoms with E-state index in [2.05, 4.69) is 10.0 Å². The molecular weight excluding hydrogens is 276 g/mol. The Morgan fingerprint density at radius 1 is 1.20 bits per heavy atom. The van der Waals surface area contributed by atoms with Crippen LogP contribution in [0.4, 0.5) is 5.69 Å². The lowest BCUT2D eigenvalue weighted by atomic mass is 10.1. The van der Waals surface area contributed by atoms with Crippen LogP contribution in [-0.2, 0) is 14.8 Å². The molecule has 110 valence electrons. The number of benzene rings is 1. The van der Waals surface area contributed by atoms with Gasteiger partial charge in [-0.15, -0.1) is 0 Å². The molecule has 1 fully saturated rings. The van der Waals surface area contributed by atoms with Crippen LogP contribution < -0.4 is 10.0 Å². The van der Waals surface area contributed by atoms with Gasteiger partial charge in [-0.1, -0.05) is 12.8 Å². The molecule has 1 aromatic carbocycles. The van der Waals surface area contributed by atoms with E-state index in [0.717, 1.165) is 12.8 Å². The summed E-state index contributed by atoms with van der Waals surface area (Å²) in [4.78, 5) is 11.1. The van der Waals surface area contributed by atoms with E-state index in [1.165, 1.54) is 31.9 Å². The van der Waals surface area contributed by atoms with Crippen LogP contribution in [0.15, 0.2) is 29.2 Å². The Bertz CT molecular complexity index is 561. The zero-order valence-electron chi connectivity index (χ0n) is 11.6. The highest BCUT2D eigenvalue weighted by Gasteiger charge is 2.19. The third kappa shape index (κ3) is 4.05.